The number of rotatable bonds is 4. The zero-order chi connectivity index (χ0) is 21.3. The largest absolute Gasteiger partial charge is 0.373 e. The Hall–Kier alpha value is -1.52. The number of piperidine rings is 1. The van der Waals surface area contributed by atoms with Crippen molar-refractivity contribution in [2.24, 2.45) is 5.92 Å². The van der Waals surface area contributed by atoms with Gasteiger partial charge in [0.15, 0.2) is 6.29 Å². The molecule has 0 N–H and O–H groups in total. The second kappa shape index (κ2) is 8.92. The van der Waals surface area contributed by atoms with E-state index < -0.39 is 10.0 Å². The van der Waals surface area contributed by atoms with Crippen molar-refractivity contribution in [1.29, 1.82) is 0 Å². The van der Waals surface area contributed by atoms with E-state index in [4.69, 9.17) is 14.2 Å². The Morgan fingerprint density at radius 2 is 1.67 bits per heavy atom. The lowest BCUT2D eigenvalue weighted by Gasteiger charge is -2.35. The molecule has 0 spiro atoms. The van der Waals surface area contributed by atoms with Gasteiger partial charge >= 0.3 is 0 Å². The number of hydrogen-bond acceptors (Lipinski definition) is 6. The summed E-state index contributed by atoms with van der Waals surface area (Å²) < 4.78 is 44.6. The minimum Gasteiger partial charge on any atom is -0.373 e. The number of likely N-dealkylation sites (tertiary alicyclic amines) is 1. The molecule has 0 bridgehead atoms. The Labute approximate surface area is 178 Å². The van der Waals surface area contributed by atoms with Gasteiger partial charge in [-0.25, -0.2) is 8.42 Å². The molecule has 3 aliphatic heterocycles. The predicted octanol–water partition coefficient (Wildman–Crippen LogP) is 1.71. The summed E-state index contributed by atoms with van der Waals surface area (Å²) in [6.07, 6.45) is 1.15. The number of carbonyl (C=O) groups excluding carboxylic acids is 1. The summed E-state index contributed by atoms with van der Waals surface area (Å²) in [6, 6.07) is 6.37. The average Bonchev–Trinajstić information content (AvgIpc) is 3.28. The molecule has 2 atom stereocenters. The molecule has 4 rings (SSSR count). The zero-order valence-electron chi connectivity index (χ0n) is 17.5. The summed E-state index contributed by atoms with van der Waals surface area (Å²) in [6.45, 7) is 6.84. The van der Waals surface area contributed by atoms with Gasteiger partial charge in [0.25, 0.3) is 5.91 Å². The van der Waals surface area contributed by atoms with Crippen LogP contribution in [0.2, 0.25) is 0 Å². The van der Waals surface area contributed by atoms with E-state index in [-0.39, 0.29) is 29.3 Å². The highest BCUT2D eigenvalue weighted by Crippen LogP contribution is 2.27. The van der Waals surface area contributed by atoms with Gasteiger partial charge in [-0.3, -0.25) is 4.79 Å². The highest BCUT2D eigenvalue weighted by Gasteiger charge is 2.34. The first-order valence-electron chi connectivity index (χ1n) is 10.6. The highest BCUT2D eigenvalue weighted by atomic mass is 32.2. The number of ether oxygens (including phenoxy) is 3. The number of hydrogen-bond donors (Lipinski definition) is 0. The van der Waals surface area contributed by atoms with Gasteiger partial charge < -0.3 is 19.1 Å². The van der Waals surface area contributed by atoms with Gasteiger partial charge in [-0.15, -0.1) is 0 Å². The molecule has 0 radical (unpaired) electrons. The van der Waals surface area contributed by atoms with Crippen LogP contribution in [0.25, 0.3) is 0 Å². The molecular weight excluding hydrogens is 408 g/mol. The first-order chi connectivity index (χ1) is 14.3. The fraction of sp³-hybridized carbons (Fsp3) is 0.667. The van der Waals surface area contributed by atoms with Crippen LogP contribution in [0.15, 0.2) is 29.2 Å². The Morgan fingerprint density at radius 1 is 1.03 bits per heavy atom. The molecule has 30 heavy (non-hydrogen) atoms. The molecule has 0 aromatic heterocycles. The van der Waals surface area contributed by atoms with Crippen molar-refractivity contribution in [3.05, 3.63) is 29.8 Å². The van der Waals surface area contributed by atoms with Gasteiger partial charge in [-0.1, -0.05) is 6.07 Å². The quantitative estimate of drug-likeness (QED) is 0.712. The van der Waals surface area contributed by atoms with E-state index in [2.05, 4.69) is 0 Å². The molecule has 9 heteroatoms. The van der Waals surface area contributed by atoms with Gasteiger partial charge in [0.2, 0.25) is 10.0 Å². The standard InChI is InChI=1S/C21H30N2O6S/c1-15-13-23(14-16(2)29-15)30(25,26)19-5-3-4-18(12-19)20(24)22-8-6-17(7-9-22)21-27-10-11-28-21/h3-5,12,15-17,21H,6-11,13-14H2,1-2H3. The maximum atomic E-state index is 13.1. The Bertz CT molecular complexity index is 852. The second-order valence-electron chi connectivity index (χ2n) is 8.35. The molecule has 2 unspecified atom stereocenters. The molecule has 166 valence electrons. The molecule has 1 aromatic carbocycles. The average molecular weight is 439 g/mol. The van der Waals surface area contributed by atoms with Crippen molar-refractivity contribution < 1.29 is 27.4 Å². The van der Waals surface area contributed by atoms with Crippen LogP contribution in [0.4, 0.5) is 0 Å². The summed E-state index contributed by atoms with van der Waals surface area (Å²) in [5.41, 5.74) is 0.400. The smallest absolute Gasteiger partial charge is 0.253 e. The van der Waals surface area contributed by atoms with Crippen molar-refractivity contribution in [3.8, 4) is 0 Å². The number of morpholine rings is 1. The Kier molecular flexibility index (Phi) is 6.45. The lowest BCUT2D eigenvalue weighted by Crippen LogP contribution is -2.48. The first kappa shape index (κ1) is 21.7. The molecule has 3 aliphatic rings. The van der Waals surface area contributed by atoms with E-state index in [0.29, 0.717) is 50.9 Å². The monoisotopic (exact) mass is 438 g/mol. The van der Waals surface area contributed by atoms with Crippen molar-refractivity contribution in [2.75, 3.05) is 39.4 Å². The summed E-state index contributed by atoms with van der Waals surface area (Å²) in [7, 11) is -3.68. The number of nitrogens with zero attached hydrogens (tertiary/aromatic N) is 2. The fourth-order valence-electron chi connectivity index (χ4n) is 4.47. The van der Waals surface area contributed by atoms with Gasteiger partial charge in [-0.05, 0) is 44.9 Å². The van der Waals surface area contributed by atoms with Crippen molar-refractivity contribution in [3.63, 3.8) is 0 Å². The van der Waals surface area contributed by atoms with Crippen LogP contribution in [0.1, 0.15) is 37.0 Å². The lowest BCUT2D eigenvalue weighted by molar-refractivity contribution is -0.0956. The molecule has 1 amide bonds. The minimum absolute atomic E-state index is 0.137. The van der Waals surface area contributed by atoms with Crippen LogP contribution < -0.4 is 0 Å². The maximum Gasteiger partial charge on any atom is 0.253 e. The van der Waals surface area contributed by atoms with Crippen LogP contribution in [-0.2, 0) is 24.2 Å². The molecule has 0 saturated carbocycles. The zero-order valence-corrected chi connectivity index (χ0v) is 18.3. The van der Waals surface area contributed by atoms with Crippen LogP contribution in [-0.4, -0.2) is 81.4 Å². The highest BCUT2D eigenvalue weighted by molar-refractivity contribution is 7.89. The van der Waals surface area contributed by atoms with E-state index >= 15 is 0 Å². The summed E-state index contributed by atoms with van der Waals surface area (Å²) in [5.74, 6) is 0.163. The molecule has 3 saturated heterocycles. The van der Waals surface area contributed by atoms with E-state index in [1.54, 1.807) is 23.1 Å². The predicted molar refractivity (Wildman–Crippen MR) is 110 cm³/mol. The summed E-state index contributed by atoms with van der Waals surface area (Å²) >= 11 is 0. The van der Waals surface area contributed by atoms with Crippen LogP contribution in [0.3, 0.4) is 0 Å². The number of amides is 1. The normalized spacial score (nSPS) is 27.5. The lowest BCUT2D eigenvalue weighted by atomic mass is 9.95. The minimum atomic E-state index is -3.68. The molecule has 0 aliphatic carbocycles. The summed E-state index contributed by atoms with van der Waals surface area (Å²) in [4.78, 5) is 15.0. The van der Waals surface area contributed by atoms with Crippen molar-refractivity contribution in [1.82, 2.24) is 9.21 Å². The van der Waals surface area contributed by atoms with E-state index in [1.165, 1.54) is 10.4 Å². The third kappa shape index (κ3) is 4.55. The van der Waals surface area contributed by atoms with Crippen molar-refractivity contribution >= 4 is 15.9 Å². The second-order valence-corrected chi connectivity index (χ2v) is 10.3. The first-order valence-corrected chi connectivity index (χ1v) is 12.1. The molecule has 3 heterocycles. The van der Waals surface area contributed by atoms with Crippen LogP contribution in [0.5, 0.6) is 0 Å². The molecule has 1 aromatic rings. The molecule has 8 nitrogen and oxygen atoms in total. The molecular formula is C21H30N2O6S. The third-order valence-corrected chi connectivity index (χ3v) is 7.79. The number of sulfonamides is 1. The Balaban J connectivity index is 1.44. The van der Waals surface area contributed by atoms with Gasteiger partial charge in [-0.2, -0.15) is 4.31 Å². The van der Waals surface area contributed by atoms with Crippen LogP contribution in [0, 0.1) is 5.92 Å². The molecule has 3 fully saturated rings. The fourth-order valence-corrected chi connectivity index (χ4v) is 6.11. The topological polar surface area (TPSA) is 85.4 Å². The maximum absolute atomic E-state index is 13.1. The number of benzene rings is 1. The summed E-state index contributed by atoms with van der Waals surface area (Å²) in [5, 5.41) is 0. The SMILES string of the molecule is CC1CN(S(=O)(=O)c2cccc(C(=O)N3CCC(C4OCCO4)CC3)c2)CC(C)O1. The van der Waals surface area contributed by atoms with E-state index in [9.17, 15) is 13.2 Å². The van der Waals surface area contributed by atoms with Gasteiger partial charge in [0, 0.05) is 37.7 Å². The van der Waals surface area contributed by atoms with E-state index in [1.807, 2.05) is 13.8 Å². The number of carbonyl (C=O) groups is 1. The van der Waals surface area contributed by atoms with E-state index in [0.717, 1.165) is 12.8 Å². The van der Waals surface area contributed by atoms with Crippen LogP contribution >= 0.6 is 0 Å². The van der Waals surface area contributed by atoms with Crippen molar-refractivity contribution in [2.45, 2.75) is 50.1 Å². The van der Waals surface area contributed by atoms with Gasteiger partial charge in [0.05, 0.1) is 30.3 Å². The third-order valence-electron chi connectivity index (χ3n) is 5.96. The Morgan fingerprint density at radius 3 is 2.30 bits per heavy atom. The van der Waals surface area contributed by atoms with Gasteiger partial charge in [0.1, 0.15) is 0 Å².